The summed E-state index contributed by atoms with van der Waals surface area (Å²) >= 11 is 9.56. The topological polar surface area (TPSA) is 36.1 Å². The zero-order valence-electron chi connectivity index (χ0n) is 9.76. The van der Waals surface area contributed by atoms with Crippen LogP contribution in [0.25, 0.3) is 0 Å². The molecule has 0 amide bonds. The molecule has 1 aliphatic rings. The van der Waals surface area contributed by atoms with Crippen molar-refractivity contribution in [2.75, 3.05) is 13.1 Å². The molecular weight excluding hydrogens is 302 g/mol. The first-order valence-electron chi connectivity index (χ1n) is 5.80. The third kappa shape index (κ3) is 3.66. The monoisotopic (exact) mass is 317 g/mol. The molecule has 1 saturated heterocycles. The Labute approximate surface area is 115 Å². The fraction of sp³-hybridized carbons (Fsp3) is 0.500. The maximum Gasteiger partial charge on any atom is 0.0462 e. The van der Waals surface area contributed by atoms with Crippen molar-refractivity contribution in [3.8, 4) is 0 Å². The van der Waals surface area contributed by atoms with Crippen LogP contribution >= 0.6 is 27.5 Å². The largest absolute Gasteiger partial charge is 0.312 e. The summed E-state index contributed by atoms with van der Waals surface area (Å²) in [6.07, 6.45) is 0. The number of benzene rings is 1. The van der Waals surface area contributed by atoms with Gasteiger partial charge in [0, 0.05) is 41.1 Å². The maximum atomic E-state index is 6.16. The second kappa shape index (κ2) is 6.16. The highest BCUT2D eigenvalue weighted by molar-refractivity contribution is 9.10. The summed E-state index contributed by atoms with van der Waals surface area (Å²) in [7, 11) is 0. The van der Waals surface area contributed by atoms with Crippen LogP contribution in [-0.4, -0.2) is 19.1 Å². The van der Waals surface area contributed by atoms with Crippen LogP contribution in [0.5, 0.6) is 0 Å². The molecule has 1 aromatic carbocycles. The van der Waals surface area contributed by atoms with Crippen LogP contribution in [0.1, 0.15) is 12.5 Å². The Morgan fingerprint density at radius 2 is 2.35 bits per heavy atom. The van der Waals surface area contributed by atoms with E-state index in [1.54, 1.807) is 0 Å². The first-order chi connectivity index (χ1) is 8.16. The normalized spacial score (nSPS) is 24.2. The number of rotatable bonds is 4. The Balaban J connectivity index is 1.81. The molecule has 0 aromatic heterocycles. The zero-order chi connectivity index (χ0) is 12.3. The van der Waals surface area contributed by atoms with Crippen molar-refractivity contribution in [1.82, 2.24) is 16.2 Å². The molecule has 0 radical (unpaired) electrons. The minimum atomic E-state index is 0.517. The van der Waals surface area contributed by atoms with E-state index in [1.807, 2.05) is 18.2 Å². The maximum absolute atomic E-state index is 6.16. The summed E-state index contributed by atoms with van der Waals surface area (Å²) in [5, 5.41) is 4.26. The van der Waals surface area contributed by atoms with E-state index in [4.69, 9.17) is 11.6 Å². The molecule has 5 heteroatoms. The van der Waals surface area contributed by atoms with Gasteiger partial charge in [0.05, 0.1) is 0 Å². The van der Waals surface area contributed by atoms with E-state index in [9.17, 15) is 0 Å². The van der Waals surface area contributed by atoms with Crippen molar-refractivity contribution >= 4 is 27.5 Å². The first-order valence-corrected chi connectivity index (χ1v) is 6.97. The molecule has 1 fully saturated rings. The van der Waals surface area contributed by atoms with E-state index < -0.39 is 0 Å². The summed E-state index contributed by atoms with van der Waals surface area (Å²) < 4.78 is 1.02. The van der Waals surface area contributed by atoms with Gasteiger partial charge in [0.25, 0.3) is 0 Å². The molecule has 1 aliphatic heterocycles. The smallest absolute Gasteiger partial charge is 0.0462 e. The van der Waals surface area contributed by atoms with Gasteiger partial charge in [-0.3, -0.25) is 10.9 Å². The predicted molar refractivity (Wildman–Crippen MR) is 74.9 cm³/mol. The highest BCUT2D eigenvalue weighted by Crippen LogP contribution is 2.21. The molecule has 0 saturated carbocycles. The molecule has 94 valence electrons. The average molecular weight is 319 g/mol. The summed E-state index contributed by atoms with van der Waals surface area (Å²) in [5.74, 6) is 0.629. The van der Waals surface area contributed by atoms with Crippen LogP contribution in [0.4, 0.5) is 0 Å². The van der Waals surface area contributed by atoms with E-state index >= 15 is 0 Å². The first kappa shape index (κ1) is 13.3. The van der Waals surface area contributed by atoms with Crippen molar-refractivity contribution in [3.05, 3.63) is 33.3 Å². The molecule has 2 unspecified atom stereocenters. The van der Waals surface area contributed by atoms with Crippen LogP contribution in [0.15, 0.2) is 22.7 Å². The zero-order valence-corrected chi connectivity index (χ0v) is 12.1. The van der Waals surface area contributed by atoms with Gasteiger partial charge in [0.2, 0.25) is 0 Å². The minimum absolute atomic E-state index is 0.517. The summed E-state index contributed by atoms with van der Waals surface area (Å²) in [6, 6.07) is 6.51. The van der Waals surface area contributed by atoms with Gasteiger partial charge in [-0.05, 0) is 24.6 Å². The molecule has 0 aliphatic carbocycles. The highest BCUT2D eigenvalue weighted by Gasteiger charge is 2.21. The van der Waals surface area contributed by atoms with Gasteiger partial charge in [-0.15, -0.1) is 0 Å². The van der Waals surface area contributed by atoms with Crippen LogP contribution in [0.3, 0.4) is 0 Å². The minimum Gasteiger partial charge on any atom is -0.312 e. The molecule has 1 heterocycles. The fourth-order valence-electron chi connectivity index (χ4n) is 1.95. The Kier molecular flexibility index (Phi) is 4.82. The summed E-state index contributed by atoms with van der Waals surface area (Å²) in [6.45, 7) is 5.02. The average Bonchev–Trinajstić information content (AvgIpc) is 2.68. The number of hydrogen-bond acceptors (Lipinski definition) is 3. The van der Waals surface area contributed by atoms with Crippen LogP contribution < -0.4 is 16.2 Å². The summed E-state index contributed by atoms with van der Waals surface area (Å²) in [4.78, 5) is 0. The SMILES string of the molecule is CC1NNCC1CNCc1ccc(Br)cc1Cl. The lowest BCUT2D eigenvalue weighted by molar-refractivity contribution is 0.454. The van der Waals surface area contributed by atoms with Gasteiger partial charge in [0.1, 0.15) is 0 Å². The Morgan fingerprint density at radius 1 is 1.53 bits per heavy atom. The molecule has 2 rings (SSSR count). The van der Waals surface area contributed by atoms with Gasteiger partial charge in [-0.2, -0.15) is 0 Å². The summed E-state index contributed by atoms with van der Waals surface area (Å²) in [5.41, 5.74) is 7.52. The van der Waals surface area contributed by atoms with Crippen LogP contribution in [0.2, 0.25) is 5.02 Å². The Hall–Kier alpha value is -0.130. The van der Waals surface area contributed by atoms with Crippen molar-refractivity contribution < 1.29 is 0 Å². The number of hydrogen-bond donors (Lipinski definition) is 3. The van der Waals surface area contributed by atoms with E-state index in [0.717, 1.165) is 34.7 Å². The van der Waals surface area contributed by atoms with Gasteiger partial charge >= 0.3 is 0 Å². The van der Waals surface area contributed by atoms with E-state index in [0.29, 0.717) is 12.0 Å². The molecule has 3 N–H and O–H groups in total. The van der Waals surface area contributed by atoms with Crippen LogP contribution in [0, 0.1) is 5.92 Å². The van der Waals surface area contributed by atoms with E-state index in [2.05, 4.69) is 39.0 Å². The van der Waals surface area contributed by atoms with Crippen molar-refractivity contribution in [2.45, 2.75) is 19.5 Å². The third-order valence-electron chi connectivity index (χ3n) is 3.14. The Morgan fingerprint density at radius 3 is 3.00 bits per heavy atom. The molecule has 2 atom stereocenters. The van der Waals surface area contributed by atoms with Crippen LogP contribution in [-0.2, 0) is 6.54 Å². The lowest BCUT2D eigenvalue weighted by Gasteiger charge is -2.14. The molecule has 1 aromatic rings. The second-order valence-electron chi connectivity index (χ2n) is 4.44. The standard InChI is InChI=1S/C12H17BrClN3/c1-8-10(7-16-17-8)6-15-5-9-2-3-11(13)4-12(9)14/h2-4,8,10,15-17H,5-7H2,1H3. The van der Waals surface area contributed by atoms with Crippen molar-refractivity contribution in [1.29, 1.82) is 0 Å². The molecule has 3 nitrogen and oxygen atoms in total. The van der Waals surface area contributed by atoms with Crippen molar-refractivity contribution in [3.63, 3.8) is 0 Å². The van der Waals surface area contributed by atoms with E-state index in [1.165, 1.54) is 0 Å². The van der Waals surface area contributed by atoms with Gasteiger partial charge in [-0.25, -0.2) is 0 Å². The number of hydrazine groups is 1. The molecule has 0 spiro atoms. The highest BCUT2D eigenvalue weighted by atomic mass is 79.9. The van der Waals surface area contributed by atoms with Gasteiger partial charge in [0.15, 0.2) is 0 Å². The lowest BCUT2D eigenvalue weighted by atomic mass is 10.0. The Bertz CT molecular complexity index is 386. The predicted octanol–water partition coefficient (Wildman–Crippen LogP) is 2.30. The molecule has 17 heavy (non-hydrogen) atoms. The second-order valence-corrected chi connectivity index (χ2v) is 5.76. The van der Waals surface area contributed by atoms with Crippen molar-refractivity contribution in [2.24, 2.45) is 5.92 Å². The molecular formula is C12H17BrClN3. The number of nitrogens with one attached hydrogen (secondary N) is 3. The quantitative estimate of drug-likeness (QED) is 0.797. The molecule has 0 bridgehead atoms. The van der Waals surface area contributed by atoms with Gasteiger partial charge in [-0.1, -0.05) is 33.6 Å². The third-order valence-corrected chi connectivity index (χ3v) is 3.98. The van der Waals surface area contributed by atoms with E-state index in [-0.39, 0.29) is 0 Å². The fourth-order valence-corrected chi connectivity index (χ4v) is 2.69. The van der Waals surface area contributed by atoms with Gasteiger partial charge < -0.3 is 5.32 Å². The number of halogens is 2. The lowest BCUT2D eigenvalue weighted by Crippen LogP contribution is -2.32.